The first kappa shape index (κ1) is 68.1. The molecule has 0 amide bonds. The van der Waals surface area contributed by atoms with Gasteiger partial charge in [0, 0.05) is 19.3 Å². The molecule has 0 aliphatic carbocycles. The largest absolute Gasteiger partial charge is 0.462 e. The van der Waals surface area contributed by atoms with Crippen LogP contribution in [0.4, 0.5) is 0 Å². The lowest BCUT2D eigenvalue weighted by Crippen LogP contribution is -2.30. The first-order valence-electron chi connectivity index (χ1n) is 30.8. The van der Waals surface area contributed by atoms with Crippen LogP contribution in [0, 0.1) is 0 Å². The molecule has 0 saturated heterocycles. The standard InChI is InChI=1S/C65H116O6/c1-4-7-10-13-16-19-22-25-28-31-32-35-37-40-43-46-49-52-55-58-64(67)70-61-62(71-65(68)59-56-53-50-47-44-41-38-34-30-27-24-21-18-15-12-9-6-3)60-69-63(66)57-54-51-48-45-42-39-36-33-29-26-23-20-17-14-11-8-5-2/h7,10,16,19,25,28,32,35,40,43,62H,4-6,8-9,11-15,17-18,20-24,26-27,29-31,33-34,36-39,41-42,44-61H2,1-3H3/b10-7-,19-16-,28-25-,35-32-,43-40-/t62-/m1/s1. The second kappa shape index (κ2) is 59.7. The summed E-state index contributed by atoms with van der Waals surface area (Å²) >= 11 is 0. The van der Waals surface area contributed by atoms with Crippen molar-refractivity contribution in [2.75, 3.05) is 13.2 Å². The van der Waals surface area contributed by atoms with Gasteiger partial charge in [0.15, 0.2) is 6.10 Å². The summed E-state index contributed by atoms with van der Waals surface area (Å²) in [7, 11) is 0. The summed E-state index contributed by atoms with van der Waals surface area (Å²) in [4.78, 5) is 38.3. The van der Waals surface area contributed by atoms with E-state index in [4.69, 9.17) is 14.2 Å². The van der Waals surface area contributed by atoms with E-state index in [0.717, 1.165) is 96.3 Å². The maximum absolute atomic E-state index is 12.9. The Morgan fingerprint density at radius 1 is 0.296 bits per heavy atom. The first-order valence-corrected chi connectivity index (χ1v) is 30.8. The summed E-state index contributed by atoms with van der Waals surface area (Å²) in [5, 5.41) is 0. The van der Waals surface area contributed by atoms with E-state index in [9.17, 15) is 14.4 Å². The van der Waals surface area contributed by atoms with Crippen molar-refractivity contribution in [2.45, 2.75) is 322 Å². The highest BCUT2D eigenvalue weighted by atomic mass is 16.6. The molecule has 0 aromatic rings. The average molecular weight is 994 g/mol. The molecule has 0 radical (unpaired) electrons. The third-order valence-corrected chi connectivity index (χ3v) is 13.5. The Kier molecular flexibility index (Phi) is 57.2. The van der Waals surface area contributed by atoms with Crippen molar-refractivity contribution < 1.29 is 28.6 Å². The predicted octanol–water partition coefficient (Wildman–Crippen LogP) is 20.8. The van der Waals surface area contributed by atoms with Crippen molar-refractivity contribution >= 4 is 17.9 Å². The number of esters is 3. The molecule has 0 aliphatic rings. The molecule has 6 heteroatoms. The van der Waals surface area contributed by atoms with Crippen molar-refractivity contribution in [2.24, 2.45) is 0 Å². The van der Waals surface area contributed by atoms with Gasteiger partial charge in [0.2, 0.25) is 0 Å². The van der Waals surface area contributed by atoms with Crippen LogP contribution in [0.25, 0.3) is 0 Å². The Bertz CT molecular complexity index is 1280. The number of hydrogen-bond donors (Lipinski definition) is 0. The number of unbranched alkanes of at least 4 members (excludes halogenated alkanes) is 35. The van der Waals surface area contributed by atoms with Crippen LogP contribution in [0.3, 0.4) is 0 Å². The number of allylic oxidation sites excluding steroid dienone is 10. The second-order valence-electron chi connectivity index (χ2n) is 20.6. The predicted molar refractivity (Wildman–Crippen MR) is 307 cm³/mol. The Balaban J connectivity index is 4.40. The van der Waals surface area contributed by atoms with Crippen LogP contribution in [-0.4, -0.2) is 37.2 Å². The SMILES string of the molecule is CC/C=C\C/C=C\C/C=C\C/C=C\C/C=C\CCCCCC(=O)OC[C@@H](COC(=O)CCCCCCCCCCCCCCCCCCC)OC(=O)CCCCCCCCCCCCCCCCCCC. The van der Waals surface area contributed by atoms with Crippen LogP contribution in [0.15, 0.2) is 60.8 Å². The lowest BCUT2D eigenvalue weighted by Gasteiger charge is -2.18. The van der Waals surface area contributed by atoms with Gasteiger partial charge in [0.1, 0.15) is 13.2 Å². The molecule has 0 saturated carbocycles. The Morgan fingerprint density at radius 2 is 0.549 bits per heavy atom. The summed E-state index contributed by atoms with van der Waals surface area (Å²) < 4.78 is 16.9. The highest BCUT2D eigenvalue weighted by molar-refractivity contribution is 5.71. The monoisotopic (exact) mass is 993 g/mol. The van der Waals surface area contributed by atoms with E-state index in [1.807, 2.05) is 0 Å². The molecule has 0 N–H and O–H groups in total. The quantitative estimate of drug-likeness (QED) is 0.0261. The molecule has 0 aliphatic heterocycles. The van der Waals surface area contributed by atoms with E-state index in [0.29, 0.717) is 19.3 Å². The molecule has 6 nitrogen and oxygen atoms in total. The van der Waals surface area contributed by atoms with Crippen molar-refractivity contribution in [1.82, 2.24) is 0 Å². The van der Waals surface area contributed by atoms with Crippen LogP contribution < -0.4 is 0 Å². The van der Waals surface area contributed by atoms with Gasteiger partial charge < -0.3 is 14.2 Å². The summed E-state index contributed by atoms with van der Waals surface area (Å²) in [6, 6.07) is 0. The molecule has 0 heterocycles. The second-order valence-corrected chi connectivity index (χ2v) is 20.6. The topological polar surface area (TPSA) is 78.9 Å². The number of hydrogen-bond acceptors (Lipinski definition) is 6. The lowest BCUT2D eigenvalue weighted by molar-refractivity contribution is -0.167. The number of carbonyl (C=O) groups is 3. The zero-order valence-electron chi connectivity index (χ0n) is 47.2. The van der Waals surface area contributed by atoms with Gasteiger partial charge in [0.25, 0.3) is 0 Å². The number of carbonyl (C=O) groups excluding carboxylic acids is 3. The van der Waals surface area contributed by atoms with Crippen molar-refractivity contribution in [1.29, 1.82) is 0 Å². The van der Waals surface area contributed by atoms with Crippen LogP contribution in [0.1, 0.15) is 316 Å². The van der Waals surface area contributed by atoms with Crippen molar-refractivity contribution in [3.8, 4) is 0 Å². The molecule has 0 unspecified atom stereocenters. The molecule has 0 spiro atoms. The summed E-state index contributed by atoms with van der Waals surface area (Å²) in [5.41, 5.74) is 0. The fraction of sp³-hybridized carbons (Fsp3) is 0.800. The van der Waals surface area contributed by atoms with E-state index in [2.05, 4.69) is 81.5 Å². The Morgan fingerprint density at radius 3 is 0.859 bits per heavy atom. The fourth-order valence-electron chi connectivity index (χ4n) is 8.94. The molecule has 0 aromatic carbocycles. The summed E-state index contributed by atoms with van der Waals surface area (Å²) in [5.74, 6) is -0.894. The maximum Gasteiger partial charge on any atom is 0.306 e. The van der Waals surface area contributed by atoms with Crippen LogP contribution in [0.5, 0.6) is 0 Å². The minimum Gasteiger partial charge on any atom is -0.462 e. The molecule has 0 fully saturated rings. The molecular formula is C65H116O6. The maximum atomic E-state index is 12.9. The Labute approximate surface area is 440 Å². The minimum absolute atomic E-state index is 0.0803. The van der Waals surface area contributed by atoms with Gasteiger partial charge in [-0.15, -0.1) is 0 Å². The zero-order chi connectivity index (χ0) is 51.4. The molecular weight excluding hydrogens is 877 g/mol. The fourth-order valence-corrected chi connectivity index (χ4v) is 8.94. The normalized spacial score (nSPS) is 12.4. The van der Waals surface area contributed by atoms with E-state index in [1.165, 1.54) is 180 Å². The van der Waals surface area contributed by atoms with Crippen molar-refractivity contribution in [3.05, 3.63) is 60.8 Å². The molecule has 1 atom stereocenters. The van der Waals surface area contributed by atoms with Gasteiger partial charge in [-0.3, -0.25) is 14.4 Å². The van der Waals surface area contributed by atoms with E-state index < -0.39 is 6.10 Å². The van der Waals surface area contributed by atoms with Gasteiger partial charge in [0.05, 0.1) is 0 Å². The Hall–Kier alpha value is -2.89. The third-order valence-electron chi connectivity index (χ3n) is 13.5. The van der Waals surface area contributed by atoms with Gasteiger partial charge in [-0.2, -0.15) is 0 Å². The molecule has 0 rings (SSSR count). The van der Waals surface area contributed by atoms with E-state index in [-0.39, 0.29) is 31.1 Å². The van der Waals surface area contributed by atoms with Crippen LogP contribution in [0.2, 0.25) is 0 Å². The number of rotatable bonds is 56. The summed E-state index contributed by atoms with van der Waals surface area (Å²) in [6.45, 7) is 6.55. The highest BCUT2D eigenvalue weighted by Crippen LogP contribution is 2.17. The van der Waals surface area contributed by atoms with Crippen LogP contribution >= 0.6 is 0 Å². The average Bonchev–Trinajstić information content (AvgIpc) is 3.37. The van der Waals surface area contributed by atoms with Gasteiger partial charge in [-0.25, -0.2) is 0 Å². The van der Waals surface area contributed by atoms with E-state index >= 15 is 0 Å². The summed E-state index contributed by atoms with van der Waals surface area (Å²) in [6.07, 6.45) is 75.0. The van der Waals surface area contributed by atoms with E-state index in [1.54, 1.807) is 0 Å². The lowest BCUT2D eigenvalue weighted by atomic mass is 10.0. The highest BCUT2D eigenvalue weighted by Gasteiger charge is 2.19. The molecule has 412 valence electrons. The smallest absolute Gasteiger partial charge is 0.306 e. The zero-order valence-corrected chi connectivity index (χ0v) is 47.2. The first-order chi connectivity index (χ1) is 35.0. The van der Waals surface area contributed by atoms with Gasteiger partial charge >= 0.3 is 17.9 Å². The molecule has 0 aromatic heterocycles. The molecule has 0 bridgehead atoms. The van der Waals surface area contributed by atoms with Crippen molar-refractivity contribution in [3.63, 3.8) is 0 Å². The third kappa shape index (κ3) is 57.9. The van der Waals surface area contributed by atoms with Gasteiger partial charge in [-0.1, -0.05) is 293 Å². The van der Waals surface area contributed by atoms with Crippen LogP contribution in [-0.2, 0) is 28.6 Å². The minimum atomic E-state index is -0.785. The number of ether oxygens (including phenoxy) is 3. The molecule has 71 heavy (non-hydrogen) atoms. The van der Waals surface area contributed by atoms with Gasteiger partial charge in [-0.05, 0) is 64.2 Å².